The van der Waals surface area contributed by atoms with E-state index in [1.165, 1.54) is 11.6 Å². The molecule has 39 heavy (non-hydrogen) atoms. The molecule has 0 unspecified atom stereocenters. The number of amides is 2. The molecule has 2 aliphatic rings. The van der Waals surface area contributed by atoms with E-state index >= 15 is 0 Å². The van der Waals surface area contributed by atoms with Crippen molar-refractivity contribution in [2.75, 3.05) is 38.6 Å². The Kier molecular flexibility index (Phi) is 8.09. The van der Waals surface area contributed by atoms with E-state index in [1.54, 1.807) is 19.2 Å². The van der Waals surface area contributed by atoms with Crippen LogP contribution in [0.25, 0.3) is 11.0 Å². The highest BCUT2D eigenvalue weighted by molar-refractivity contribution is 6.04. The summed E-state index contributed by atoms with van der Waals surface area (Å²) in [4.78, 5) is 39.5. The molecule has 2 amide bonds. The van der Waals surface area contributed by atoms with E-state index in [0.29, 0.717) is 24.6 Å². The number of fused-ring (bicyclic) bond motifs is 1. The van der Waals surface area contributed by atoms with E-state index < -0.39 is 0 Å². The second-order valence-electron chi connectivity index (χ2n) is 10.7. The minimum Gasteiger partial charge on any atom is -0.380 e. The van der Waals surface area contributed by atoms with Gasteiger partial charge < -0.3 is 14.2 Å². The molecule has 9 nitrogen and oxygen atoms in total. The zero-order valence-corrected chi connectivity index (χ0v) is 23.2. The molecule has 0 radical (unpaired) electrons. The zero-order valence-electron chi connectivity index (χ0n) is 23.2. The van der Waals surface area contributed by atoms with Crippen LogP contribution in [0, 0.1) is 13.8 Å². The summed E-state index contributed by atoms with van der Waals surface area (Å²) in [5.41, 5.74) is 5.08. The Hall–Kier alpha value is -3.56. The van der Waals surface area contributed by atoms with Crippen LogP contribution in [0.5, 0.6) is 0 Å². The maximum Gasteiger partial charge on any atom is 0.258 e. The number of methoxy groups -OCH3 is 1. The monoisotopic (exact) mass is 530 g/mol. The van der Waals surface area contributed by atoms with Gasteiger partial charge in [0.05, 0.1) is 23.2 Å². The number of carbonyl (C=O) groups excluding carboxylic acids is 2. The van der Waals surface area contributed by atoms with Crippen LogP contribution in [-0.2, 0) is 16.1 Å². The number of rotatable bonds is 7. The second-order valence-corrected chi connectivity index (χ2v) is 10.7. The number of nitrogens with zero attached hydrogens (tertiary/aromatic N) is 5. The first-order valence-electron chi connectivity index (χ1n) is 13.8. The molecule has 0 spiro atoms. The second kappa shape index (κ2) is 11.7. The Bertz CT molecular complexity index is 1360. The highest BCUT2D eigenvalue weighted by Crippen LogP contribution is 2.31. The van der Waals surface area contributed by atoms with Gasteiger partial charge in [-0.25, -0.2) is 4.98 Å². The number of hydrogen-bond donors (Lipinski definition) is 1. The summed E-state index contributed by atoms with van der Waals surface area (Å²) in [6.45, 7) is 11.4. The number of imidazole rings is 1. The van der Waals surface area contributed by atoms with Crippen LogP contribution in [0.2, 0.25) is 0 Å². The van der Waals surface area contributed by atoms with E-state index in [9.17, 15) is 9.59 Å². The molecule has 206 valence electrons. The van der Waals surface area contributed by atoms with Crippen LogP contribution in [0.15, 0.2) is 43.0 Å². The SMILES string of the molecule is C=CC(=O)N1CCCC[C@@H](n2c(NC(=O)c3cc(C)nc(C)c3)nc3cc(CN4CC[C@H](OC)C4)ccc32)C1. The fraction of sp³-hybridized carbons (Fsp3) is 0.467. The van der Waals surface area contributed by atoms with Crippen LogP contribution in [-0.4, -0.2) is 75.5 Å². The molecule has 0 saturated carbocycles. The summed E-state index contributed by atoms with van der Waals surface area (Å²) in [6.07, 6.45) is 5.50. The van der Waals surface area contributed by atoms with Crippen molar-refractivity contribution in [3.63, 3.8) is 0 Å². The summed E-state index contributed by atoms with van der Waals surface area (Å²) >= 11 is 0. The normalized spacial score (nSPS) is 20.2. The molecule has 0 bridgehead atoms. The van der Waals surface area contributed by atoms with Crippen molar-refractivity contribution in [1.29, 1.82) is 0 Å². The lowest BCUT2D eigenvalue weighted by atomic mass is 10.1. The van der Waals surface area contributed by atoms with Gasteiger partial charge in [-0.15, -0.1) is 0 Å². The summed E-state index contributed by atoms with van der Waals surface area (Å²) < 4.78 is 7.65. The number of aromatic nitrogens is 3. The van der Waals surface area contributed by atoms with Gasteiger partial charge in [-0.1, -0.05) is 12.6 Å². The molecule has 2 aromatic heterocycles. The van der Waals surface area contributed by atoms with Crippen LogP contribution in [0.3, 0.4) is 0 Å². The maximum absolute atomic E-state index is 13.4. The van der Waals surface area contributed by atoms with Crippen molar-refractivity contribution in [3.05, 3.63) is 65.5 Å². The van der Waals surface area contributed by atoms with Crippen molar-refractivity contribution in [2.24, 2.45) is 0 Å². The van der Waals surface area contributed by atoms with Crippen molar-refractivity contribution in [3.8, 4) is 0 Å². The predicted octanol–water partition coefficient (Wildman–Crippen LogP) is 4.26. The van der Waals surface area contributed by atoms with E-state index in [2.05, 4.69) is 44.5 Å². The fourth-order valence-electron chi connectivity index (χ4n) is 5.89. The van der Waals surface area contributed by atoms with Crippen LogP contribution >= 0.6 is 0 Å². The molecule has 9 heteroatoms. The molecule has 0 aliphatic carbocycles. The summed E-state index contributed by atoms with van der Waals surface area (Å²) in [7, 11) is 1.77. The van der Waals surface area contributed by atoms with E-state index in [4.69, 9.17) is 9.72 Å². The number of carbonyl (C=O) groups is 2. The molecule has 2 atom stereocenters. The lowest BCUT2D eigenvalue weighted by molar-refractivity contribution is -0.126. The fourth-order valence-corrected chi connectivity index (χ4v) is 5.89. The van der Waals surface area contributed by atoms with Gasteiger partial charge in [0.1, 0.15) is 0 Å². The van der Waals surface area contributed by atoms with Crippen LogP contribution < -0.4 is 5.32 Å². The predicted molar refractivity (Wildman–Crippen MR) is 152 cm³/mol. The highest BCUT2D eigenvalue weighted by atomic mass is 16.5. The Morgan fingerprint density at radius 2 is 1.87 bits per heavy atom. The molecule has 3 aromatic rings. The summed E-state index contributed by atoms with van der Waals surface area (Å²) in [5, 5.41) is 3.09. The minimum absolute atomic E-state index is 0.0236. The van der Waals surface area contributed by atoms with E-state index in [1.807, 2.05) is 18.7 Å². The van der Waals surface area contributed by atoms with Gasteiger partial charge in [0.15, 0.2) is 0 Å². The molecule has 2 aliphatic heterocycles. The molecular formula is C30H38N6O3. The Balaban J connectivity index is 1.50. The lowest BCUT2D eigenvalue weighted by Gasteiger charge is -2.26. The third-order valence-electron chi connectivity index (χ3n) is 7.79. The number of benzene rings is 1. The highest BCUT2D eigenvalue weighted by Gasteiger charge is 2.27. The first-order chi connectivity index (χ1) is 18.8. The average Bonchev–Trinajstić information content (AvgIpc) is 3.43. The molecule has 2 fully saturated rings. The number of pyridine rings is 1. The van der Waals surface area contributed by atoms with Gasteiger partial charge in [-0.05, 0) is 75.4 Å². The topological polar surface area (TPSA) is 92.6 Å². The Labute approximate surface area is 229 Å². The third-order valence-corrected chi connectivity index (χ3v) is 7.79. The zero-order chi connectivity index (χ0) is 27.5. The largest absolute Gasteiger partial charge is 0.380 e. The molecule has 1 N–H and O–H groups in total. The molecule has 1 aromatic carbocycles. The number of anilines is 1. The van der Waals surface area contributed by atoms with Crippen LogP contribution in [0.1, 0.15) is 59.0 Å². The van der Waals surface area contributed by atoms with Crippen molar-refractivity contribution >= 4 is 28.8 Å². The van der Waals surface area contributed by atoms with Gasteiger partial charge in [-0.3, -0.25) is 24.8 Å². The minimum atomic E-state index is -0.226. The quantitative estimate of drug-likeness (QED) is 0.459. The van der Waals surface area contributed by atoms with Gasteiger partial charge in [0.25, 0.3) is 5.91 Å². The molecule has 5 rings (SSSR count). The standard InChI is InChI=1S/C30H38N6O3/c1-5-28(37)35-12-7-6-8-24(18-35)36-27-10-9-22(17-34-13-11-25(19-34)39-4)16-26(27)32-30(36)33-29(38)23-14-20(2)31-21(3)15-23/h5,9-10,14-16,24-25H,1,6-8,11-13,17-19H2,2-4H3,(H,32,33,38)/t24-,25+/m1/s1. The first kappa shape index (κ1) is 27.0. The smallest absolute Gasteiger partial charge is 0.258 e. The number of hydrogen-bond acceptors (Lipinski definition) is 6. The molecule has 4 heterocycles. The summed E-state index contributed by atoms with van der Waals surface area (Å²) in [5.74, 6) is 0.204. The third kappa shape index (κ3) is 6.04. The van der Waals surface area contributed by atoms with Gasteiger partial charge in [0.2, 0.25) is 11.9 Å². The maximum atomic E-state index is 13.4. The van der Waals surface area contributed by atoms with E-state index in [0.717, 1.165) is 67.7 Å². The van der Waals surface area contributed by atoms with Gasteiger partial charge in [-0.2, -0.15) is 0 Å². The van der Waals surface area contributed by atoms with Crippen LogP contribution in [0.4, 0.5) is 5.95 Å². The summed E-state index contributed by atoms with van der Waals surface area (Å²) in [6, 6.07) is 9.91. The number of likely N-dealkylation sites (tertiary alicyclic amines) is 2. The van der Waals surface area contributed by atoms with Crippen molar-refractivity contribution < 1.29 is 14.3 Å². The number of nitrogens with one attached hydrogen (secondary N) is 1. The molecular weight excluding hydrogens is 492 g/mol. The van der Waals surface area contributed by atoms with Crippen molar-refractivity contribution in [2.45, 2.75) is 58.2 Å². The van der Waals surface area contributed by atoms with Gasteiger partial charge >= 0.3 is 0 Å². The van der Waals surface area contributed by atoms with Crippen molar-refractivity contribution in [1.82, 2.24) is 24.3 Å². The van der Waals surface area contributed by atoms with E-state index in [-0.39, 0.29) is 24.0 Å². The Morgan fingerprint density at radius 3 is 2.59 bits per heavy atom. The molecule has 2 saturated heterocycles. The lowest BCUT2D eigenvalue weighted by Crippen LogP contribution is -2.34. The average molecular weight is 531 g/mol. The number of aryl methyl sites for hydroxylation is 2. The number of ether oxygens (including phenoxy) is 1. The first-order valence-corrected chi connectivity index (χ1v) is 13.8. The Morgan fingerprint density at radius 1 is 1.08 bits per heavy atom. The van der Waals surface area contributed by atoms with Gasteiger partial charge in [0, 0.05) is 56.8 Å².